The molecule has 7 nitrogen and oxygen atoms in total. The summed E-state index contributed by atoms with van der Waals surface area (Å²) in [5.74, 6) is -1.15. The fourth-order valence-electron chi connectivity index (χ4n) is 1.36. The molecule has 1 aromatic heterocycles. The van der Waals surface area contributed by atoms with Crippen LogP contribution in [0.15, 0.2) is 23.4 Å². The van der Waals surface area contributed by atoms with Crippen LogP contribution in [0.25, 0.3) is 0 Å². The van der Waals surface area contributed by atoms with E-state index in [4.69, 9.17) is 9.84 Å². The fourth-order valence-corrected chi connectivity index (χ4v) is 2.42. The Morgan fingerprint density at radius 2 is 2.10 bits per heavy atom. The Kier molecular flexibility index (Phi) is 5.61. The first kappa shape index (κ1) is 16.5. The third kappa shape index (κ3) is 4.26. The SMILES string of the molecule is CC(C)OCCN(C)S(=O)(=O)c1ccc(C(=O)O)cn1. The molecule has 0 unspecified atom stereocenters. The molecule has 1 heterocycles. The number of carboxylic acid groups (broad SMARTS) is 1. The van der Waals surface area contributed by atoms with Gasteiger partial charge in [-0.2, -0.15) is 4.31 Å². The molecule has 0 radical (unpaired) electrons. The zero-order valence-electron chi connectivity index (χ0n) is 11.6. The fraction of sp³-hybridized carbons (Fsp3) is 0.500. The predicted molar refractivity (Wildman–Crippen MR) is 72.1 cm³/mol. The molecule has 0 aromatic carbocycles. The maximum Gasteiger partial charge on any atom is 0.337 e. The Balaban J connectivity index is 2.79. The van der Waals surface area contributed by atoms with Crippen molar-refractivity contribution in [3.05, 3.63) is 23.9 Å². The van der Waals surface area contributed by atoms with Gasteiger partial charge in [-0.3, -0.25) is 0 Å². The van der Waals surface area contributed by atoms with Gasteiger partial charge in [-0.05, 0) is 26.0 Å². The van der Waals surface area contributed by atoms with Crippen molar-refractivity contribution < 1.29 is 23.1 Å². The molecular formula is C12H18N2O5S. The van der Waals surface area contributed by atoms with Gasteiger partial charge in [0.25, 0.3) is 10.0 Å². The van der Waals surface area contributed by atoms with Crippen LogP contribution in [-0.4, -0.2) is 55.1 Å². The van der Waals surface area contributed by atoms with Crippen LogP contribution in [0.5, 0.6) is 0 Å². The molecule has 0 aliphatic rings. The zero-order chi connectivity index (χ0) is 15.3. The number of aromatic carboxylic acids is 1. The zero-order valence-corrected chi connectivity index (χ0v) is 12.4. The smallest absolute Gasteiger partial charge is 0.337 e. The Morgan fingerprint density at radius 1 is 1.45 bits per heavy atom. The molecular weight excluding hydrogens is 284 g/mol. The highest BCUT2D eigenvalue weighted by atomic mass is 32.2. The molecule has 8 heteroatoms. The minimum absolute atomic E-state index is 0.0269. The highest BCUT2D eigenvalue weighted by Gasteiger charge is 2.22. The topological polar surface area (TPSA) is 96.8 Å². The van der Waals surface area contributed by atoms with Crippen LogP contribution in [0, 0.1) is 0 Å². The summed E-state index contributed by atoms with van der Waals surface area (Å²) in [6.07, 6.45) is 1.05. The normalized spacial score (nSPS) is 12.1. The molecule has 0 atom stereocenters. The second-order valence-corrected chi connectivity index (χ2v) is 6.43. The summed E-state index contributed by atoms with van der Waals surface area (Å²) in [4.78, 5) is 14.4. The summed E-state index contributed by atoms with van der Waals surface area (Å²) in [6, 6.07) is 2.39. The van der Waals surface area contributed by atoms with E-state index in [0.29, 0.717) is 0 Å². The highest BCUT2D eigenvalue weighted by molar-refractivity contribution is 7.89. The van der Waals surface area contributed by atoms with Crippen LogP contribution >= 0.6 is 0 Å². The predicted octanol–water partition coefficient (Wildman–Crippen LogP) is 0.825. The van der Waals surface area contributed by atoms with Crippen LogP contribution < -0.4 is 0 Å². The van der Waals surface area contributed by atoms with E-state index in [1.54, 1.807) is 0 Å². The summed E-state index contributed by atoms with van der Waals surface area (Å²) in [7, 11) is -2.31. The number of likely N-dealkylation sites (N-methyl/N-ethyl adjacent to an activating group) is 1. The molecule has 1 N–H and O–H groups in total. The third-order valence-corrected chi connectivity index (χ3v) is 4.29. The second-order valence-electron chi connectivity index (χ2n) is 4.44. The third-order valence-electron chi connectivity index (χ3n) is 2.52. The van der Waals surface area contributed by atoms with E-state index in [2.05, 4.69) is 4.98 Å². The second kappa shape index (κ2) is 6.78. The van der Waals surface area contributed by atoms with Gasteiger partial charge in [0.15, 0.2) is 5.03 Å². The van der Waals surface area contributed by atoms with Crippen molar-refractivity contribution in [3.63, 3.8) is 0 Å². The molecule has 0 saturated carbocycles. The first-order valence-corrected chi connectivity index (χ1v) is 7.46. The molecule has 0 aliphatic heterocycles. The van der Waals surface area contributed by atoms with E-state index in [0.717, 1.165) is 10.5 Å². The number of sulfonamides is 1. The van der Waals surface area contributed by atoms with Crippen LogP contribution in [-0.2, 0) is 14.8 Å². The van der Waals surface area contributed by atoms with Crippen LogP contribution in [0.2, 0.25) is 0 Å². The average Bonchev–Trinajstić information content (AvgIpc) is 2.38. The molecule has 0 spiro atoms. The molecule has 112 valence electrons. The van der Waals surface area contributed by atoms with Gasteiger partial charge in [0.1, 0.15) is 0 Å². The van der Waals surface area contributed by atoms with Gasteiger partial charge >= 0.3 is 5.97 Å². The molecule has 0 bridgehead atoms. The van der Waals surface area contributed by atoms with Crippen molar-refractivity contribution >= 4 is 16.0 Å². The molecule has 20 heavy (non-hydrogen) atoms. The van der Waals surface area contributed by atoms with E-state index in [9.17, 15) is 13.2 Å². The number of carboxylic acids is 1. The van der Waals surface area contributed by atoms with E-state index in [1.807, 2.05) is 13.8 Å². The Hall–Kier alpha value is -1.51. The minimum Gasteiger partial charge on any atom is -0.478 e. The van der Waals surface area contributed by atoms with Crippen molar-refractivity contribution in [2.45, 2.75) is 25.0 Å². The lowest BCUT2D eigenvalue weighted by Gasteiger charge is -2.17. The van der Waals surface area contributed by atoms with Gasteiger partial charge in [-0.25, -0.2) is 18.2 Å². The Bertz CT molecular complexity index is 554. The number of carbonyl (C=O) groups is 1. The molecule has 0 amide bonds. The maximum absolute atomic E-state index is 12.1. The average molecular weight is 302 g/mol. The Labute approximate surface area is 118 Å². The highest BCUT2D eigenvalue weighted by Crippen LogP contribution is 2.12. The molecule has 0 saturated heterocycles. The standard InChI is InChI=1S/C12H18N2O5S/c1-9(2)19-7-6-14(3)20(17,18)11-5-4-10(8-13-11)12(15)16/h4-5,8-9H,6-7H2,1-3H3,(H,15,16). The van der Waals surface area contributed by atoms with E-state index >= 15 is 0 Å². The van der Waals surface area contributed by atoms with E-state index in [-0.39, 0.29) is 29.8 Å². The van der Waals surface area contributed by atoms with Crippen molar-refractivity contribution in [3.8, 4) is 0 Å². The molecule has 1 rings (SSSR count). The van der Waals surface area contributed by atoms with Crippen molar-refractivity contribution in [2.24, 2.45) is 0 Å². The van der Waals surface area contributed by atoms with Gasteiger partial charge in [0, 0.05) is 19.8 Å². The summed E-state index contributed by atoms with van der Waals surface area (Å²) < 4.78 is 30.7. The quantitative estimate of drug-likeness (QED) is 0.801. The van der Waals surface area contributed by atoms with Crippen molar-refractivity contribution in [2.75, 3.05) is 20.2 Å². The number of nitrogens with zero attached hydrogens (tertiary/aromatic N) is 2. The Morgan fingerprint density at radius 3 is 2.55 bits per heavy atom. The molecule has 1 aromatic rings. The van der Waals surface area contributed by atoms with Gasteiger partial charge in [0.2, 0.25) is 0 Å². The van der Waals surface area contributed by atoms with Crippen molar-refractivity contribution in [1.82, 2.24) is 9.29 Å². The van der Waals surface area contributed by atoms with Crippen LogP contribution in [0.3, 0.4) is 0 Å². The molecule has 0 aliphatic carbocycles. The number of hydrogen-bond donors (Lipinski definition) is 1. The molecule has 0 fully saturated rings. The number of ether oxygens (including phenoxy) is 1. The maximum atomic E-state index is 12.1. The minimum atomic E-state index is -3.73. The van der Waals surface area contributed by atoms with Crippen molar-refractivity contribution in [1.29, 1.82) is 0 Å². The monoisotopic (exact) mass is 302 g/mol. The first-order valence-electron chi connectivity index (χ1n) is 6.02. The lowest BCUT2D eigenvalue weighted by molar-refractivity contribution is 0.0696. The summed E-state index contributed by atoms with van der Waals surface area (Å²) >= 11 is 0. The van der Waals surface area contributed by atoms with Gasteiger partial charge in [-0.15, -0.1) is 0 Å². The summed E-state index contributed by atoms with van der Waals surface area (Å²) in [6.45, 7) is 4.20. The lowest BCUT2D eigenvalue weighted by Crippen LogP contribution is -2.31. The van der Waals surface area contributed by atoms with E-state index < -0.39 is 16.0 Å². The first-order chi connectivity index (χ1) is 9.25. The lowest BCUT2D eigenvalue weighted by atomic mass is 10.3. The number of aromatic nitrogens is 1. The summed E-state index contributed by atoms with van der Waals surface area (Å²) in [5, 5.41) is 8.55. The summed E-state index contributed by atoms with van der Waals surface area (Å²) in [5.41, 5.74) is -0.0604. The number of hydrogen-bond acceptors (Lipinski definition) is 5. The largest absolute Gasteiger partial charge is 0.478 e. The number of pyridine rings is 1. The van der Waals surface area contributed by atoms with Gasteiger partial charge in [-0.1, -0.05) is 0 Å². The van der Waals surface area contributed by atoms with E-state index in [1.165, 1.54) is 19.2 Å². The number of rotatable bonds is 7. The van der Waals surface area contributed by atoms with Gasteiger partial charge < -0.3 is 9.84 Å². The van der Waals surface area contributed by atoms with Crippen LogP contribution in [0.4, 0.5) is 0 Å². The van der Waals surface area contributed by atoms with Crippen LogP contribution in [0.1, 0.15) is 24.2 Å². The van der Waals surface area contributed by atoms with Gasteiger partial charge in [0.05, 0.1) is 18.3 Å².